The number of nitrogens with zero attached hydrogens (tertiary/aromatic N) is 3. The highest BCUT2D eigenvalue weighted by atomic mass is 79.9. The molecule has 0 saturated carbocycles. The highest BCUT2D eigenvalue weighted by Crippen LogP contribution is 2.24. The van der Waals surface area contributed by atoms with Crippen LogP contribution in [0.5, 0.6) is 0 Å². The molecule has 0 amide bonds. The molecule has 1 aliphatic heterocycles. The van der Waals surface area contributed by atoms with Crippen molar-refractivity contribution in [1.29, 1.82) is 0 Å². The number of hydrogen-bond donors (Lipinski definition) is 0. The molecule has 1 heterocycles. The summed E-state index contributed by atoms with van der Waals surface area (Å²) in [6.07, 6.45) is 0.882. The smallest absolute Gasteiger partial charge is 0.151 e. The molecule has 110 valence electrons. The molecular formula is C15H22BrN3O. The molecule has 1 saturated heterocycles. The van der Waals surface area contributed by atoms with Crippen LogP contribution in [0.3, 0.4) is 0 Å². The van der Waals surface area contributed by atoms with Gasteiger partial charge >= 0.3 is 0 Å². The van der Waals surface area contributed by atoms with Gasteiger partial charge in [-0.25, -0.2) is 0 Å². The number of halogens is 1. The highest BCUT2D eigenvalue weighted by Gasteiger charge is 2.17. The molecule has 5 heteroatoms. The topological polar surface area (TPSA) is 26.8 Å². The quantitative estimate of drug-likeness (QED) is 0.766. The van der Waals surface area contributed by atoms with Gasteiger partial charge in [0.1, 0.15) is 0 Å². The Labute approximate surface area is 129 Å². The average molecular weight is 340 g/mol. The van der Waals surface area contributed by atoms with Crippen LogP contribution in [-0.2, 0) is 0 Å². The maximum atomic E-state index is 10.8. The van der Waals surface area contributed by atoms with Crippen LogP contribution < -0.4 is 4.90 Å². The first-order valence-corrected chi connectivity index (χ1v) is 7.76. The van der Waals surface area contributed by atoms with Crippen LogP contribution in [-0.4, -0.2) is 69.4 Å². The number of aldehydes is 1. The summed E-state index contributed by atoms with van der Waals surface area (Å²) in [5.41, 5.74) is 1.90. The van der Waals surface area contributed by atoms with E-state index in [-0.39, 0.29) is 0 Å². The minimum Gasteiger partial charge on any atom is -0.369 e. The van der Waals surface area contributed by atoms with Crippen LogP contribution in [0, 0.1) is 0 Å². The van der Waals surface area contributed by atoms with Crippen molar-refractivity contribution in [2.24, 2.45) is 0 Å². The van der Waals surface area contributed by atoms with E-state index in [0.717, 1.165) is 50.0 Å². The van der Waals surface area contributed by atoms with Gasteiger partial charge < -0.3 is 9.80 Å². The summed E-state index contributed by atoms with van der Waals surface area (Å²) in [6.45, 7) is 6.52. The Bertz CT molecular complexity index is 456. The normalized spacial score (nSPS) is 16.7. The minimum absolute atomic E-state index is 0.707. The lowest BCUT2D eigenvalue weighted by Crippen LogP contribution is -2.48. The van der Waals surface area contributed by atoms with E-state index in [4.69, 9.17) is 0 Å². The Morgan fingerprint density at radius 2 is 1.95 bits per heavy atom. The van der Waals surface area contributed by atoms with Crippen LogP contribution in [0.2, 0.25) is 0 Å². The van der Waals surface area contributed by atoms with Crippen LogP contribution in [0.15, 0.2) is 22.7 Å². The van der Waals surface area contributed by atoms with Crippen molar-refractivity contribution in [3.63, 3.8) is 0 Å². The van der Waals surface area contributed by atoms with Crippen LogP contribution in [0.25, 0.3) is 0 Å². The summed E-state index contributed by atoms with van der Waals surface area (Å²) < 4.78 is 0.875. The number of benzene rings is 1. The Morgan fingerprint density at radius 3 is 2.50 bits per heavy atom. The van der Waals surface area contributed by atoms with E-state index in [0.29, 0.717) is 5.56 Å². The number of carbonyl (C=O) groups is 1. The fourth-order valence-electron chi connectivity index (χ4n) is 2.38. The summed E-state index contributed by atoms with van der Waals surface area (Å²) in [5, 5.41) is 0. The third-order valence-electron chi connectivity index (χ3n) is 3.71. The first-order chi connectivity index (χ1) is 9.60. The van der Waals surface area contributed by atoms with Gasteiger partial charge in [0.2, 0.25) is 0 Å². The number of piperazine rings is 1. The summed E-state index contributed by atoms with van der Waals surface area (Å²) >= 11 is 3.45. The Kier molecular flexibility index (Phi) is 5.57. The third kappa shape index (κ3) is 4.04. The molecule has 1 aliphatic rings. The van der Waals surface area contributed by atoms with E-state index in [1.807, 2.05) is 18.2 Å². The maximum absolute atomic E-state index is 10.8. The first-order valence-electron chi connectivity index (χ1n) is 6.97. The van der Waals surface area contributed by atoms with E-state index < -0.39 is 0 Å². The van der Waals surface area contributed by atoms with E-state index >= 15 is 0 Å². The lowest BCUT2D eigenvalue weighted by molar-refractivity contribution is 0.112. The lowest BCUT2D eigenvalue weighted by atomic mass is 10.2. The van der Waals surface area contributed by atoms with Crippen LogP contribution in [0.1, 0.15) is 10.4 Å². The number of hydrogen-bond acceptors (Lipinski definition) is 4. The summed E-state index contributed by atoms with van der Waals surface area (Å²) in [7, 11) is 4.23. The number of likely N-dealkylation sites (N-methyl/N-ethyl adjacent to an activating group) is 1. The molecule has 0 atom stereocenters. The van der Waals surface area contributed by atoms with Crippen LogP contribution in [0.4, 0.5) is 5.69 Å². The van der Waals surface area contributed by atoms with E-state index in [1.165, 1.54) is 5.69 Å². The zero-order chi connectivity index (χ0) is 14.5. The van der Waals surface area contributed by atoms with Gasteiger partial charge in [-0.05, 0) is 48.2 Å². The lowest BCUT2D eigenvalue weighted by Gasteiger charge is -2.36. The van der Waals surface area contributed by atoms with E-state index in [2.05, 4.69) is 44.7 Å². The van der Waals surface area contributed by atoms with E-state index in [9.17, 15) is 4.79 Å². The molecule has 1 aromatic rings. The maximum Gasteiger partial charge on any atom is 0.151 e. The summed E-state index contributed by atoms with van der Waals surface area (Å²) in [4.78, 5) is 17.9. The second-order valence-electron chi connectivity index (χ2n) is 5.46. The molecule has 4 nitrogen and oxygen atoms in total. The Morgan fingerprint density at radius 1 is 1.25 bits per heavy atom. The Hall–Kier alpha value is -0.910. The molecular weight excluding hydrogens is 318 g/mol. The number of rotatable bonds is 5. The van der Waals surface area contributed by atoms with Crippen molar-refractivity contribution in [3.05, 3.63) is 28.2 Å². The van der Waals surface area contributed by atoms with Gasteiger partial charge in [0, 0.05) is 55.0 Å². The van der Waals surface area contributed by atoms with Crippen LogP contribution >= 0.6 is 15.9 Å². The third-order valence-corrected chi connectivity index (χ3v) is 4.40. The number of carbonyl (C=O) groups excluding carboxylic acids is 1. The van der Waals surface area contributed by atoms with Gasteiger partial charge in [-0.1, -0.05) is 0 Å². The highest BCUT2D eigenvalue weighted by molar-refractivity contribution is 9.10. The molecule has 0 spiro atoms. The molecule has 0 bridgehead atoms. The predicted octanol–water partition coefficient (Wildman–Crippen LogP) is 1.95. The second-order valence-corrected chi connectivity index (χ2v) is 6.31. The standard InChI is InChI=1S/C15H22BrN3O/c1-17(2)5-6-18-7-9-19(10-8-18)14-4-3-13(12-20)15(16)11-14/h3-4,11-12H,5-10H2,1-2H3. The Balaban J connectivity index is 1.90. The minimum atomic E-state index is 0.707. The van der Waals surface area contributed by atoms with Gasteiger partial charge in [0.25, 0.3) is 0 Å². The van der Waals surface area contributed by atoms with Gasteiger partial charge in [0.15, 0.2) is 6.29 Å². The summed E-state index contributed by atoms with van der Waals surface area (Å²) in [6, 6.07) is 5.95. The second kappa shape index (κ2) is 7.20. The van der Waals surface area contributed by atoms with Gasteiger partial charge in [0.05, 0.1) is 0 Å². The van der Waals surface area contributed by atoms with Gasteiger partial charge in [-0.3, -0.25) is 9.69 Å². The zero-order valence-corrected chi connectivity index (χ0v) is 13.8. The first kappa shape index (κ1) is 15.5. The monoisotopic (exact) mass is 339 g/mol. The van der Waals surface area contributed by atoms with Crippen molar-refractivity contribution in [3.8, 4) is 0 Å². The fraction of sp³-hybridized carbons (Fsp3) is 0.533. The van der Waals surface area contributed by atoms with Crippen molar-refractivity contribution < 1.29 is 4.79 Å². The SMILES string of the molecule is CN(C)CCN1CCN(c2ccc(C=O)c(Br)c2)CC1. The molecule has 0 unspecified atom stereocenters. The molecule has 0 aromatic heterocycles. The van der Waals surface area contributed by atoms with Crippen molar-refractivity contribution in [2.45, 2.75) is 0 Å². The molecule has 1 aromatic carbocycles. The molecule has 2 rings (SSSR count). The van der Waals surface area contributed by atoms with Crippen molar-refractivity contribution >= 4 is 27.9 Å². The molecule has 0 N–H and O–H groups in total. The molecule has 20 heavy (non-hydrogen) atoms. The average Bonchev–Trinajstić information content (AvgIpc) is 2.45. The largest absolute Gasteiger partial charge is 0.369 e. The fourth-order valence-corrected chi connectivity index (χ4v) is 2.84. The molecule has 0 aliphatic carbocycles. The van der Waals surface area contributed by atoms with E-state index in [1.54, 1.807) is 0 Å². The number of anilines is 1. The summed E-state index contributed by atoms with van der Waals surface area (Å²) in [5.74, 6) is 0. The molecule has 1 fully saturated rings. The van der Waals surface area contributed by atoms with Gasteiger partial charge in [-0.2, -0.15) is 0 Å². The van der Waals surface area contributed by atoms with Crippen molar-refractivity contribution in [2.75, 3.05) is 58.3 Å². The van der Waals surface area contributed by atoms with Gasteiger partial charge in [-0.15, -0.1) is 0 Å². The van der Waals surface area contributed by atoms with Crippen molar-refractivity contribution in [1.82, 2.24) is 9.80 Å². The molecule has 0 radical (unpaired) electrons. The predicted molar refractivity (Wildman–Crippen MR) is 86.7 cm³/mol. The zero-order valence-electron chi connectivity index (χ0n) is 12.2.